The van der Waals surface area contributed by atoms with Crippen LogP contribution >= 0.6 is 22.9 Å². The number of piperidine rings is 3. The van der Waals surface area contributed by atoms with Gasteiger partial charge in [0.1, 0.15) is 15.8 Å². The lowest BCUT2D eigenvalue weighted by atomic mass is 9.84. The second-order valence-corrected chi connectivity index (χ2v) is 7.59. The Kier molecular flexibility index (Phi) is 3.35. The molecular formula is C14H19N5S2. The maximum Gasteiger partial charge on any atom is 0.149 e. The minimum Gasteiger partial charge on any atom is -0.382 e. The smallest absolute Gasteiger partial charge is 0.149 e. The molecule has 0 amide bonds. The Morgan fingerprint density at radius 1 is 1.38 bits per heavy atom. The van der Waals surface area contributed by atoms with Gasteiger partial charge in [-0.1, -0.05) is 0 Å². The van der Waals surface area contributed by atoms with E-state index in [4.69, 9.17) is 5.73 Å². The third kappa shape index (κ3) is 2.43. The molecule has 7 heteroatoms. The Bertz CT molecular complexity index is 642. The van der Waals surface area contributed by atoms with Gasteiger partial charge in [0.25, 0.3) is 0 Å². The average molecular weight is 321 g/mol. The molecule has 0 radical (unpaired) electrons. The van der Waals surface area contributed by atoms with Crippen LogP contribution in [0.25, 0.3) is 10.6 Å². The third-order valence-corrected chi connectivity index (χ3v) is 6.29. The van der Waals surface area contributed by atoms with Crippen LogP contribution in [-0.2, 0) is 0 Å². The molecule has 0 aromatic carbocycles. The Morgan fingerprint density at radius 3 is 2.81 bits per heavy atom. The molecule has 112 valence electrons. The summed E-state index contributed by atoms with van der Waals surface area (Å²) in [5.41, 5.74) is 8.11. The highest BCUT2D eigenvalue weighted by Gasteiger charge is 2.35. The van der Waals surface area contributed by atoms with Crippen LogP contribution in [0.4, 0.5) is 10.8 Å². The van der Waals surface area contributed by atoms with Crippen molar-refractivity contribution in [1.29, 1.82) is 0 Å². The van der Waals surface area contributed by atoms with Crippen molar-refractivity contribution < 1.29 is 0 Å². The van der Waals surface area contributed by atoms with Crippen LogP contribution in [0.3, 0.4) is 0 Å². The quantitative estimate of drug-likeness (QED) is 0.910. The van der Waals surface area contributed by atoms with Crippen LogP contribution < -0.4 is 11.1 Å². The van der Waals surface area contributed by atoms with Gasteiger partial charge in [0, 0.05) is 23.7 Å². The average Bonchev–Trinajstić information content (AvgIpc) is 3.06. The molecule has 3 N–H and O–H groups in total. The first kappa shape index (κ1) is 13.5. The first-order valence-corrected chi connectivity index (χ1v) is 9.02. The molecule has 1 atom stereocenters. The molecule has 1 unspecified atom stereocenters. The number of rotatable bonds is 3. The number of thiazole rings is 1. The highest BCUT2D eigenvalue weighted by atomic mass is 32.1. The molecule has 3 saturated heterocycles. The van der Waals surface area contributed by atoms with E-state index < -0.39 is 0 Å². The molecule has 2 bridgehead atoms. The molecule has 3 aliphatic heterocycles. The van der Waals surface area contributed by atoms with Gasteiger partial charge < -0.3 is 16.0 Å². The van der Waals surface area contributed by atoms with Crippen LogP contribution in [0, 0.1) is 12.8 Å². The monoisotopic (exact) mass is 321 g/mol. The van der Waals surface area contributed by atoms with Crippen LogP contribution in [-0.4, -0.2) is 39.9 Å². The molecule has 2 aromatic rings. The minimum atomic E-state index is 0.521. The Labute approximate surface area is 132 Å². The van der Waals surface area contributed by atoms with Gasteiger partial charge in [0.05, 0.1) is 5.56 Å². The first-order valence-electron chi connectivity index (χ1n) is 7.37. The summed E-state index contributed by atoms with van der Waals surface area (Å²) >= 11 is 3.10. The molecule has 3 aliphatic rings. The van der Waals surface area contributed by atoms with Crippen molar-refractivity contribution in [2.75, 3.05) is 30.7 Å². The van der Waals surface area contributed by atoms with Crippen molar-refractivity contribution in [3.8, 4) is 10.6 Å². The summed E-state index contributed by atoms with van der Waals surface area (Å²) < 4.78 is 4.34. The fraction of sp³-hybridized carbons (Fsp3) is 0.571. The van der Waals surface area contributed by atoms with Crippen LogP contribution in [0.5, 0.6) is 0 Å². The SMILES string of the molecule is Cc1csc(-c2c(N)nsc2NC2CN3CCC2CC3)n1. The highest BCUT2D eigenvalue weighted by molar-refractivity contribution is 7.15. The van der Waals surface area contributed by atoms with E-state index >= 15 is 0 Å². The van der Waals surface area contributed by atoms with Gasteiger partial charge in [-0.25, -0.2) is 4.98 Å². The molecule has 0 spiro atoms. The van der Waals surface area contributed by atoms with Crippen LogP contribution in [0.1, 0.15) is 18.5 Å². The van der Waals surface area contributed by atoms with Crippen molar-refractivity contribution in [1.82, 2.24) is 14.3 Å². The second kappa shape index (κ2) is 5.23. The van der Waals surface area contributed by atoms with Gasteiger partial charge in [0.15, 0.2) is 0 Å². The van der Waals surface area contributed by atoms with E-state index in [1.54, 1.807) is 11.3 Å². The minimum absolute atomic E-state index is 0.521. The number of aryl methyl sites for hydroxylation is 1. The van der Waals surface area contributed by atoms with Gasteiger partial charge in [-0.3, -0.25) is 0 Å². The van der Waals surface area contributed by atoms with E-state index in [9.17, 15) is 0 Å². The molecule has 5 rings (SSSR count). The van der Waals surface area contributed by atoms with E-state index in [0.717, 1.165) is 33.7 Å². The summed E-state index contributed by atoms with van der Waals surface area (Å²) in [6, 6.07) is 0.521. The van der Waals surface area contributed by atoms with Crippen molar-refractivity contribution in [3.05, 3.63) is 11.1 Å². The molecule has 2 aromatic heterocycles. The summed E-state index contributed by atoms with van der Waals surface area (Å²) in [5, 5.41) is 7.83. The van der Waals surface area contributed by atoms with Crippen LogP contribution in [0.2, 0.25) is 0 Å². The summed E-state index contributed by atoms with van der Waals surface area (Å²) in [7, 11) is 0. The van der Waals surface area contributed by atoms with Gasteiger partial charge in [-0.15, -0.1) is 11.3 Å². The molecule has 3 fully saturated rings. The fourth-order valence-corrected chi connectivity index (χ4v) is 5.07. The highest BCUT2D eigenvalue weighted by Crippen LogP contribution is 2.40. The molecular weight excluding hydrogens is 302 g/mol. The molecule has 5 heterocycles. The normalized spacial score (nSPS) is 28.0. The van der Waals surface area contributed by atoms with E-state index in [2.05, 4.69) is 25.0 Å². The van der Waals surface area contributed by atoms with E-state index in [1.165, 1.54) is 37.5 Å². The van der Waals surface area contributed by atoms with Gasteiger partial charge >= 0.3 is 0 Å². The maximum absolute atomic E-state index is 6.08. The summed E-state index contributed by atoms with van der Waals surface area (Å²) in [6.45, 7) is 5.66. The molecule has 0 saturated carbocycles. The zero-order chi connectivity index (χ0) is 14.4. The number of nitrogens with zero attached hydrogens (tertiary/aromatic N) is 3. The predicted octanol–water partition coefficient (Wildman–Crippen LogP) is 2.66. The fourth-order valence-electron chi connectivity index (χ4n) is 3.37. The number of nitrogen functional groups attached to an aromatic ring is 1. The number of anilines is 2. The van der Waals surface area contributed by atoms with E-state index in [-0.39, 0.29) is 0 Å². The van der Waals surface area contributed by atoms with Crippen molar-refractivity contribution in [2.24, 2.45) is 5.92 Å². The van der Waals surface area contributed by atoms with Gasteiger partial charge in [-0.05, 0) is 50.3 Å². The molecule has 21 heavy (non-hydrogen) atoms. The third-order valence-electron chi connectivity index (χ3n) is 4.52. The van der Waals surface area contributed by atoms with E-state index in [1.807, 2.05) is 6.92 Å². The Balaban J connectivity index is 1.61. The van der Waals surface area contributed by atoms with Crippen molar-refractivity contribution >= 4 is 33.7 Å². The Hall–Kier alpha value is -1.18. The largest absolute Gasteiger partial charge is 0.382 e. The molecule has 0 aliphatic carbocycles. The summed E-state index contributed by atoms with van der Waals surface area (Å²) in [6.07, 6.45) is 2.61. The lowest BCUT2D eigenvalue weighted by Gasteiger charge is -2.45. The van der Waals surface area contributed by atoms with Crippen molar-refractivity contribution in [3.63, 3.8) is 0 Å². The second-order valence-electron chi connectivity index (χ2n) is 5.95. The first-order chi connectivity index (χ1) is 10.2. The lowest BCUT2D eigenvalue weighted by molar-refractivity contribution is 0.0977. The van der Waals surface area contributed by atoms with Gasteiger partial charge in [-0.2, -0.15) is 4.37 Å². The molecule has 5 nitrogen and oxygen atoms in total. The number of aromatic nitrogens is 2. The van der Waals surface area contributed by atoms with Crippen molar-refractivity contribution in [2.45, 2.75) is 25.8 Å². The number of nitrogens with two attached hydrogens (primary N) is 1. The van der Waals surface area contributed by atoms with Gasteiger partial charge in [0.2, 0.25) is 0 Å². The topological polar surface area (TPSA) is 67.1 Å². The maximum atomic E-state index is 6.08. The summed E-state index contributed by atoms with van der Waals surface area (Å²) in [5.74, 6) is 1.38. The van der Waals surface area contributed by atoms with E-state index in [0.29, 0.717) is 11.9 Å². The number of hydrogen-bond acceptors (Lipinski definition) is 7. The Morgan fingerprint density at radius 2 is 2.19 bits per heavy atom. The zero-order valence-corrected chi connectivity index (χ0v) is 13.6. The van der Waals surface area contributed by atoms with Crippen LogP contribution in [0.15, 0.2) is 5.38 Å². The lowest BCUT2D eigenvalue weighted by Crippen LogP contribution is -2.53. The number of hydrogen-bond donors (Lipinski definition) is 2. The standard InChI is InChI=1S/C14H19N5S2/c1-8-7-20-13(16-8)11-12(15)18-21-14(11)17-10-6-19-4-2-9(10)3-5-19/h7,9-10,17H,2-6H2,1H3,(H2,15,18). The number of fused-ring (bicyclic) bond motifs is 3. The zero-order valence-electron chi connectivity index (χ0n) is 12.0. The number of nitrogens with one attached hydrogen (secondary N) is 1. The summed E-state index contributed by atoms with van der Waals surface area (Å²) in [4.78, 5) is 7.12. The predicted molar refractivity (Wildman–Crippen MR) is 88.9 cm³/mol.